The summed E-state index contributed by atoms with van der Waals surface area (Å²) < 4.78 is 0. The van der Waals surface area contributed by atoms with E-state index in [-0.39, 0.29) is 16.6 Å². The van der Waals surface area contributed by atoms with Crippen LogP contribution in [0.2, 0.25) is 10.6 Å². The smallest absolute Gasteiger partial charge is 0.340 e. The summed E-state index contributed by atoms with van der Waals surface area (Å²) in [6.45, 7) is 5.25. The molecule has 0 radical (unpaired) electrons. The molecule has 1 aromatic heterocycles. The lowest BCUT2D eigenvalue weighted by molar-refractivity contribution is 0.209. The summed E-state index contributed by atoms with van der Waals surface area (Å²) in [6.07, 6.45) is 0. The SMILES string of the molecule is C=C(C)NOc1nc(Cl)nc(Cl)n1. The molecule has 0 aliphatic heterocycles. The highest BCUT2D eigenvalue weighted by atomic mass is 35.5. The standard InChI is InChI=1S/C6H6Cl2N4O/c1-3(2)12-13-6-10-4(7)9-5(8)11-6/h12H,1H2,2H3. The van der Waals surface area contributed by atoms with Gasteiger partial charge in [0, 0.05) is 5.70 Å². The van der Waals surface area contributed by atoms with Crippen molar-refractivity contribution in [1.29, 1.82) is 0 Å². The van der Waals surface area contributed by atoms with E-state index in [1.807, 2.05) is 0 Å². The van der Waals surface area contributed by atoms with Gasteiger partial charge in [-0.3, -0.25) is 0 Å². The molecule has 1 rings (SSSR count). The van der Waals surface area contributed by atoms with Crippen molar-refractivity contribution in [2.24, 2.45) is 0 Å². The molecular formula is C6H6Cl2N4O. The number of hydrogen-bond acceptors (Lipinski definition) is 5. The molecule has 7 heteroatoms. The Morgan fingerprint density at radius 1 is 1.31 bits per heavy atom. The van der Waals surface area contributed by atoms with Gasteiger partial charge in [0.2, 0.25) is 10.6 Å². The van der Waals surface area contributed by atoms with Crippen molar-refractivity contribution in [3.05, 3.63) is 22.8 Å². The van der Waals surface area contributed by atoms with Crippen LogP contribution in [0.5, 0.6) is 6.01 Å². The predicted octanol–water partition coefficient (Wildman–Crippen LogP) is 1.60. The van der Waals surface area contributed by atoms with Gasteiger partial charge in [0.15, 0.2) is 0 Å². The van der Waals surface area contributed by atoms with Crippen molar-refractivity contribution in [2.45, 2.75) is 6.92 Å². The maximum atomic E-state index is 5.49. The fraction of sp³-hybridized carbons (Fsp3) is 0.167. The Labute approximate surface area is 84.7 Å². The van der Waals surface area contributed by atoms with Crippen LogP contribution in [0.4, 0.5) is 0 Å². The number of allylic oxidation sites excluding steroid dienone is 1. The minimum atomic E-state index is -0.0292. The van der Waals surface area contributed by atoms with Crippen molar-refractivity contribution >= 4 is 23.2 Å². The molecule has 0 aromatic carbocycles. The highest BCUT2D eigenvalue weighted by Crippen LogP contribution is 2.10. The highest BCUT2D eigenvalue weighted by molar-refractivity contribution is 6.31. The van der Waals surface area contributed by atoms with E-state index in [0.29, 0.717) is 5.70 Å². The number of nitrogens with one attached hydrogen (secondary N) is 1. The number of hydrogen-bond donors (Lipinski definition) is 1. The second-order valence-electron chi connectivity index (χ2n) is 2.14. The molecule has 1 aromatic rings. The van der Waals surface area contributed by atoms with Crippen LogP contribution in [0, 0.1) is 0 Å². The fourth-order valence-corrected chi connectivity index (χ4v) is 0.835. The zero-order chi connectivity index (χ0) is 9.84. The maximum Gasteiger partial charge on any atom is 0.348 e. The van der Waals surface area contributed by atoms with Gasteiger partial charge < -0.3 is 4.84 Å². The minimum Gasteiger partial charge on any atom is -0.340 e. The predicted molar refractivity (Wildman–Crippen MR) is 48.4 cm³/mol. The third-order valence-corrected chi connectivity index (χ3v) is 1.21. The molecule has 1 N–H and O–H groups in total. The fourth-order valence-electron chi connectivity index (χ4n) is 0.487. The molecule has 0 amide bonds. The van der Waals surface area contributed by atoms with E-state index in [1.54, 1.807) is 6.92 Å². The van der Waals surface area contributed by atoms with Crippen LogP contribution in [0.1, 0.15) is 6.92 Å². The largest absolute Gasteiger partial charge is 0.348 e. The average molecular weight is 221 g/mol. The van der Waals surface area contributed by atoms with Gasteiger partial charge in [-0.2, -0.15) is 15.0 Å². The van der Waals surface area contributed by atoms with Gasteiger partial charge >= 0.3 is 6.01 Å². The van der Waals surface area contributed by atoms with Crippen LogP contribution in [0.15, 0.2) is 12.3 Å². The molecule has 0 saturated heterocycles. The molecule has 0 aliphatic carbocycles. The molecule has 0 aliphatic rings. The maximum absolute atomic E-state index is 5.49. The summed E-state index contributed by atoms with van der Waals surface area (Å²) in [6, 6.07) is -0.00648. The number of rotatable bonds is 3. The first-order valence-corrected chi connectivity index (χ1v) is 3.99. The Hall–Kier alpha value is -1.07. The first kappa shape index (κ1) is 10.0. The lowest BCUT2D eigenvalue weighted by atomic mass is 10.6. The minimum absolute atomic E-state index is 0.00648. The van der Waals surface area contributed by atoms with Crippen LogP contribution in [0.25, 0.3) is 0 Å². The van der Waals surface area contributed by atoms with Crippen molar-refractivity contribution in [1.82, 2.24) is 20.4 Å². The molecule has 0 spiro atoms. The van der Waals surface area contributed by atoms with Crippen molar-refractivity contribution < 1.29 is 4.84 Å². The number of aromatic nitrogens is 3. The van der Waals surface area contributed by atoms with Gasteiger partial charge in [0.05, 0.1) is 0 Å². The van der Waals surface area contributed by atoms with Gasteiger partial charge in [-0.05, 0) is 30.1 Å². The Morgan fingerprint density at radius 2 is 1.85 bits per heavy atom. The zero-order valence-electron chi connectivity index (χ0n) is 6.71. The Balaban J connectivity index is 2.71. The van der Waals surface area contributed by atoms with Crippen LogP contribution in [0.3, 0.4) is 0 Å². The van der Waals surface area contributed by atoms with E-state index in [2.05, 4.69) is 27.0 Å². The monoisotopic (exact) mass is 220 g/mol. The van der Waals surface area contributed by atoms with E-state index in [1.165, 1.54) is 0 Å². The van der Waals surface area contributed by atoms with Crippen LogP contribution in [-0.4, -0.2) is 15.0 Å². The van der Waals surface area contributed by atoms with E-state index < -0.39 is 0 Å². The lowest BCUT2D eigenvalue weighted by Gasteiger charge is -2.04. The topological polar surface area (TPSA) is 59.9 Å². The molecule has 0 atom stereocenters. The van der Waals surface area contributed by atoms with Crippen LogP contribution < -0.4 is 10.3 Å². The van der Waals surface area contributed by atoms with Gasteiger partial charge in [0.25, 0.3) is 0 Å². The van der Waals surface area contributed by atoms with Crippen molar-refractivity contribution in [2.75, 3.05) is 0 Å². The van der Waals surface area contributed by atoms with Crippen molar-refractivity contribution in [3.63, 3.8) is 0 Å². The molecule has 0 saturated carbocycles. The van der Waals surface area contributed by atoms with Gasteiger partial charge in [-0.15, -0.1) is 0 Å². The third-order valence-electron chi connectivity index (χ3n) is 0.877. The van der Waals surface area contributed by atoms with E-state index in [0.717, 1.165) is 0 Å². The number of nitrogens with zero attached hydrogens (tertiary/aromatic N) is 3. The number of hydroxylamine groups is 1. The van der Waals surface area contributed by atoms with E-state index >= 15 is 0 Å². The molecule has 70 valence electrons. The summed E-state index contributed by atoms with van der Waals surface area (Å²) in [4.78, 5) is 15.7. The molecule has 0 bridgehead atoms. The van der Waals surface area contributed by atoms with Crippen LogP contribution in [-0.2, 0) is 0 Å². The summed E-state index contributed by atoms with van der Waals surface area (Å²) in [5.74, 6) is 0. The van der Waals surface area contributed by atoms with E-state index in [9.17, 15) is 0 Å². The Morgan fingerprint density at radius 3 is 2.31 bits per heavy atom. The molecule has 0 unspecified atom stereocenters. The summed E-state index contributed by atoms with van der Waals surface area (Å²) >= 11 is 11.0. The Bertz CT molecular complexity index is 310. The third kappa shape index (κ3) is 3.43. The first-order chi connectivity index (χ1) is 6.08. The molecule has 13 heavy (non-hydrogen) atoms. The number of halogens is 2. The highest BCUT2D eigenvalue weighted by Gasteiger charge is 2.03. The lowest BCUT2D eigenvalue weighted by Crippen LogP contribution is -2.17. The first-order valence-electron chi connectivity index (χ1n) is 3.23. The molecular weight excluding hydrogens is 215 g/mol. The molecule has 5 nitrogen and oxygen atoms in total. The van der Waals surface area contributed by atoms with Crippen LogP contribution >= 0.6 is 23.2 Å². The van der Waals surface area contributed by atoms with Gasteiger partial charge in [-0.1, -0.05) is 6.58 Å². The average Bonchev–Trinajstić information content (AvgIpc) is 1.99. The molecule has 0 fully saturated rings. The van der Waals surface area contributed by atoms with Gasteiger partial charge in [-0.25, -0.2) is 5.48 Å². The van der Waals surface area contributed by atoms with E-state index in [4.69, 9.17) is 28.0 Å². The summed E-state index contributed by atoms with van der Waals surface area (Å²) in [5, 5.41) is -0.0583. The second-order valence-corrected chi connectivity index (χ2v) is 2.82. The normalized spacial score (nSPS) is 9.46. The summed E-state index contributed by atoms with van der Waals surface area (Å²) in [7, 11) is 0. The quantitative estimate of drug-likeness (QED) is 0.785. The second kappa shape index (κ2) is 4.25. The van der Waals surface area contributed by atoms with Crippen molar-refractivity contribution in [3.8, 4) is 6.01 Å². The Kier molecular flexibility index (Phi) is 3.27. The summed E-state index contributed by atoms with van der Waals surface area (Å²) in [5.41, 5.74) is 3.06. The zero-order valence-corrected chi connectivity index (χ0v) is 8.22. The molecule has 1 heterocycles. The van der Waals surface area contributed by atoms with Gasteiger partial charge in [0.1, 0.15) is 0 Å².